The van der Waals surface area contributed by atoms with Crippen LogP contribution >= 0.6 is 0 Å². The van der Waals surface area contributed by atoms with Crippen LogP contribution in [0.5, 0.6) is 0 Å². The van der Waals surface area contributed by atoms with Crippen LogP contribution in [-0.4, -0.2) is 18.4 Å². The highest BCUT2D eigenvalue weighted by molar-refractivity contribution is 6.00. The van der Waals surface area contributed by atoms with E-state index in [4.69, 9.17) is 0 Å². The van der Waals surface area contributed by atoms with Crippen molar-refractivity contribution in [1.29, 1.82) is 0 Å². The Hall–Kier alpha value is -1.84. The molecule has 0 fully saturated rings. The molecule has 2 amide bonds. The van der Waals surface area contributed by atoms with Crippen molar-refractivity contribution in [2.45, 2.75) is 54.4 Å². The van der Waals surface area contributed by atoms with Gasteiger partial charge in [0.05, 0.1) is 0 Å². The van der Waals surface area contributed by atoms with Crippen LogP contribution in [0.2, 0.25) is 0 Å². The summed E-state index contributed by atoms with van der Waals surface area (Å²) in [5.41, 5.74) is 2.39. The first-order valence-corrected chi connectivity index (χ1v) is 8.22. The van der Waals surface area contributed by atoms with E-state index in [1.165, 1.54) is 0 Å². The molecular weight excluding hydrogens is 288 g/mol. The molecule has 1 N–H and O–H groups in total. The van der Waals surface area contributed by atoms with Gasteiger partial charge in [-0.2, -0.15) is 0 Å². The largest absolute Gasteiger partial charge is 0.326 e. The summed E-state index contributed by atoms with van der Waals surface area (Å²) in [6.07, 6.45) is 1.34. The molecule has 0 saturated heterocycles. The highest BCUT2D eigenvalue weighted by Crippen LogP contribution is 2.34. The summed E-state index contributed by atoms with van der Waals surface area (Å²) in [7, 11) is 0. The monoisotopic (exact) mass is 316 g/mol. The van der Waals surface area contributed by atoms with Crippen LogP contribution in [0.1, 0.15) is 53.5 Å². The van der Waals surface area contributed by atoms with Crippen LogP contribution in [0.15, 0.2) is 18.2 Å². The van der Waals surface area contributed by atoms with E-state index in [1.807, 2.05) is 64.6 Å². The number of benzene rings is 1. The fraction of sp³-hybridized carbons (Fsp3) is 0.579. The minimum atomic E-state index is -0.410. The van der Waals surface area contributed by atoms with Crippen LogP contribution in [0.3, 0.4) is 0 Å². The number of nitrogens with one attached hydrogen (secondary N) is 1. The molecule has 1 aliphatic heterocycles. The predicted octanol–water partition coefficient (Wildman–Crippen LogP) is 4.00. The van der Waals surface area contributed by atoms with Crippen LogP contribution in [0.4, 0.5) is 11.4 Å². The first kappa shape index (κ1) is 17.5. The molecule has 0 unspecified atom stereocenters. The molecule has 0 spiro atoms. The number of anilines is 2. The molecule has 1 heterocycles. The Labute approximate surface area is 139 Å². The summed E-state index contributed by atoms with van der Waals surface area (Å²) in [6, 6.07) is 5.86. The van der Waals surface area contributed by atoms with Crippen molar-refractivity contribution in [3.8, 4) is 0 Å². The van der Waals surface area contributed by atoms with Crippen molar-refractivity contribution >= 4 is 23.2 Å². The number of hydrogen-bond donors (Lipinski definition) is 1. The van der Waals surface area contributed by atoms with Crippen molar-refractivity contribution in [2.24, 2.45) is 10.8 Å². The number of carbonyl (C=O) groups excluding carboxylic acids is 2. The molecule has 23 heavy (non-hydrogen) atoms. The van der Waals surface area contributed by atoms with E-state index in [-0.39, 0.29) is 17.2 Å². The number of nitrogens with zero attached hydrogens (tertiary/aromatic N) is 1. The maximum Gasteiger partial charge on any atom is 0.232 e. The van der Waals surface area contributed by atoms with E-state index in [0.717, 1.165) is 23.4 Å². The summed E-state index contributed by atoms with van der Waals surface area (Å²) in [5, 5.41) is 2.95. The maximum atomic E-state index is 12.6. The minimum Gasteiger partial charge on any atom is -0.326 e. The second kappa shape index (κ2) is 5.99. The third kappa shape index (κ3) is 4.34. The standard InChI is InChI=1S/C19H28N2O2/c1-18(2,3)12-16(22)20-14-8-7-13-9-10-21(15(13)11-14)17(23)19(4,5)6/h7-8,11H,9-10,12H2,1-6H3,(H,20,22). The third-order valence-corrected chi connectivity index (χ3v) is 3.84. The fourth-order valence-electron chi connectivity index (χ4n) is 2.76. The molecule has 0 saturated carbocycles. The average Bonchev–Trinajstić information content (AvgIpc) is 2.77. The lowest BCUT2D eigenvalue weighted by Gasteiger charge is -2.26. The zero-order chi connectivity index (χ0) is 17.4. The van der Waals surface area contributed by atoms with Gasteiger partial charge >= 0.3 is 0 Å². The van der Waals surface area contributed by atoms with Crippen LogP contribution < -0.4 is 10.2 Å². The van der Waals surface area contributed by atoms with Crippen molar-refractivity contribution < 1.29 is 9.59 Å². The van der Waals surface area contributed by atoms with Crippen molar-refractivity contribution in [3.63, 3.8) is 0 Å². The van der Waals surface area contributed by atoms with Gasteiger partial charge in [0.1, 0.15) is 0 Å². The molecule has 126 valence electrons. The zero-order valence-electron chi connectivity index (χ0n) is 15.1. The highest BCUT2D eigenvalue weighted by Gasteiger charge is 2.32. The molecule has 0 atom stereocenters. The molecule has 0 aliphatic carbocycles. The van der Waals surface area contributed by atoms with Gasteiger partial charge in [-0.3, -0.25) is 9.59 Å². The summed E-state index contributed by atoms with van der Waals surface area (Å²) in [5.74, 6) is 0.124. The summed E-state index contributed by atoms with van der Waals surface area (Å²) in [6.45, 7) is 12.6. The first-order valence-electron chi connectivity index (χ1n) is 8.22. The Balaban J connectivity index is 2.19. The number of rotatable bonds is 2. The van der Waals surface area contributed by atoms with Gasteiger partial charge in [0.2, 0.25) is 11.8 Å². The molecule has 1 aliphatic rings. The van der Waals surface area contributed by atoms with E-state index in [1.54, 1.807) is 0 Å². The van der Waals surface area contributed by atoms with Gasteiger partial charge in [0.25, 0.3) is 0 Å². The lowest BCUT2D eigenvalue weighted by Crippen LogP contribution is -2.38. The average molecular weight is 316 g/mol. The quantitative estimate of drug-likeness (QED) is 0.896. The summed E-state index contributed by atoms with van der Waals surface area (Å²) < 4.78 is 0. The zero-order valence-corrected chi connectivity index (χ0v) is 15.1. The van der Waals surface area contributed by atoms with E-state index in [9.17, 15) is 9.59 Å². The minimum absolute atomic E-state index is 0.00384. The summed E-state index contributed by atoms with van der Waals surface area (Å²) in [4.78, 5) is 26.5. The van der Waals surface area contributed by atoms with Crippen molar-refractivity contribution in [1.82, 2.24) is 0 Å². The normalized spacial score (nSPS) is 14.6. The Bertz CT molecular complexity index is 621. The molecule has 0 radical (unpaired) electrons. The van der Waals surface area contributed by atoms with Gasteiger partial charge < -0.3 is 10.2 Å². The van der Waals surface area contributed by atoms with E-state index in [2.05, 4.69) is 5.32 Å². The van der Waals surface area contributed by atoms with Gasteiger partial charge in [-0.25, -0.2) is 0 Å². The summed E-state index contributed by atoms with van der Waals surface area (Å²) >= 11 is 0. The highest BCUT2D eigenvalue weighted by atomic mass is 16.2. The molecule has 1 aromatic rings. The van der Waals surface area contributed by atoms with Crippen molar-refractivity contribution in [2.75, 3.05) is 16.8 Å². The number of hydrogen-bond acceptors (Lipinski definition) is 2. The third-order valence-electron chi connectivity index (χ3n) is 3.84. The van der Waals surface area contributed by atoms with E-state index < -0.39 is 5.41 Å². The smallest absolute Gasteiger partial charge is 0.232 e. The van der Waals surface area contributed by atoms with E-state index >= 15 is 0 Å². The van der Waals surface area contributed by atoms with Crippen LogP contribution in [-0.2, 0) is 16.0 Å². The number of fused-ring (bicyclic) bond motifs is 1. The van der Waals surface area contributed by atoms with Gasteiger partial charge in [-0.05, 0) is 29.5 Å². The molecule has 4 heteroatoms. The first-order chi connectivity index (χ1) is 10.5. The second-order valence-electron chi connectivity index (χ2n) is 8.59. The topological polar surface area (TPSA) is 49.4 Å². The molecule has 4 nitrogen and oxygen atoms in total. The molecule has 0 aromatic heterocycles. The van der Waals surface area contributed by atoms with E-state index in [0.29, 0.717) is 13.0 Å². The molecular formula is C19H28N2O2. The SMILES string of the molecule is CC(C)(C)CC(=O)Nc1ccc2c(c1)N(C(=O)C(C)(C)C)CC2. The second-order valence-corrected chi connectivity index (χ2v) is 8.59. The molecule has 2 rings (SSSR count). The Kier molecular flexibility index (Phi) is 4.56. The van der Waals surface area contributed by atoms with Crippen LogP contribution in [0.25, 0.3) is 0 Å². The lowest BCUT2D eigenvalue weighted by molar-refractivity contribution is -0.125. The van der Waals surface area contributed by atoms with Gasteiger partial charge in [-0.15, -0.1) is 0 Å². The Morgan fingerprint density at radius 1 is 1.13 bits per heavy atom. The predicted molar refractivity (Wildman–Crippen MR) is 94.7 cm³/mol. The maximum absolute atomic E-state index is 12.6. The van der Waals surface area contributed by atoms with Gasteiger partial charge in [0, 0.05) is 29.8 Å². The number of amides is 2. The fourth-order valence-corrected chi connectivity index (χ4v) is 2.76. The van der Waals surface area contributed by atoms with Crippen molar-refractivity contribution in [3.05, 3.63) is 23.8 Å². The molecule has 1 aromatic carbocycles. The van der Waals surface area contributed by atoms with Gasteiger partial charge in [0.15, 0.2) is 0 Å². The Morgan fingerprint density at radius 2 is 1.78 bits per heavy atom. The Morgan fingerprint density at radius 3 is 2.35 bits per heavy atom. The number of carbonyl (C=O) groups is 2. The molecule has 0 bridgehead atoms. The van der Waals surface area contributed by atoms with Crippen LogP contribution in [0, 0.1) is 10.8 Å². The lowest BCUT2D eigenvalue weighted by atomic mass is 9.92. The van der Waals surface area contributed by atoms with Gasteiger partial charge in [-0.1, -0.05) is 47.6 Å².